The van der Waals surface area contributed by atoms with Crippen molar-refractivity contribution >= 4 is 10.0 Å². The summed E-state index contributed by atoms with van der Waals surface area (Å²) in [6.07, 6.45) is 1.42. The minimum Gasteiger partial charge on any atom is -0.383 e. The van der Waals surface area contributed by atoms with Crippen LogP contribution in [0, 0.1) is 13.8 Å². The molecule has 0 aromatic carbocycles. The largest absolute Gasteiger partial charge is 0.383 e. The van der Waals surface area contributed by atoms with E-state index < -0.39 is 10.0 Å². The Hall–Kier alpha value is -0.960. The van der Waals surface area contributed by atoms with Crippen molar-refractivity contribution < 1.29 is 13.2 Å². The third-order valence-electron chi connectivity index (χ3n) is 3.34. The summed E-state index contributed by atoms with van der Waals surface area (Å²) < 4.78 is 34.5. The van der Waals surface area contributed by atoms with Crippen LogP contribution in [-0.4, -0.2) is 44.5 Å². The van der Waals surface area contributed by atoms with Gasteiger partial charge >= 0.3 is 0 Å². The van der Waals surface area contributed by atoms with E-state index in [1.54, 1.807) is 25.6 Å². The van der Waals surface area contributed by atoms with E-state index in [4.69, 9.17) is 10.5 Å². The average Bonchev–Trinajstić information content (AvgIpc) is 2.70. The Labute approximate surface area is 126 Å². The fraction of sp³-hybridized carbons (Fsp3) is 0.769. The topological polar surface area (TPSA) is 99.2 Å². The Bertz CT molecular complexity index is 554. The molecular formula is C13H26N4O3S. The molecule has 1 unspecified atom stereocenters. The molecule has 0 aliphatic rings. The van der Waals surface area contributed by atoms with Crippen molar-refractivity contribution in [2.24, 2.45) is 5.73 Å². The molecule has 21 heavy (non-hydrogen) atoms. The number of nitrogens with zero attached hydrogens (tertiary/aromatic N) is 2. The first-order chi connectivity index (χ1) is 9.87. The zero-order valence-corrected chi connectivity index (χ0v) is 14.0. The molecule has 1 aromatic heterocycles. The Morgan fingerprint density at radius 1 is 1.43 bits per heavy atom. The number of nitrogens with one attached hydrogen (secondary N) is 1. The van der Waals surface area contributed by atoms with Crippen LogP contribution in [-0.2, 0) is 21.3 Å². The summed E-state index contributed by atoms with van der Waals surface area (Å²) in [4.78, 5) is 0.258. The second kappa shape index (κ2) is 7.88. The molecule has 0 saturated heterocycles. The van der Waals surface area contributed by atoms with Gasteiger partial charge < -0.3 is 10.5 Å². The maximum absolute atomic E-state index is 12.6. The molecule has 1 heterocycles. The Balaban J connectivity index is 3.05. The number of methoxy groups -OCH3 is 1. The van der Waals surface area contributed by atoms with Crippen molar-refractivity contribution in [2.75, 3.05) is 20.3 Å². The van der Waals surface area contributed by atoms with E-state index in [0.717, 1.165) is 6.42 Å². The van der Waals surface area contributed by atoms with E-state index in [9.17, 15) is 8.42 Å². The highest BCUT2D eigenvalue weighted by Crippen LogP contribution is 2.20. The number of nitrogens with two attached hydrogens (primary N) is 1. The summed E-state index contributed by atoms with van der Waals surface area (Å²) in [5.41, 5.74) is 6.63. The first kappa shape index (κ1) is 18.1. The molecule has 1 rings (SSSR count). The van der Waals surface area contributed by atoms with Gasteiger partial charge in [-0.1, -0.05) is 6.92 Å². The summed E-state index contributed by atoms with van der Waals surface area (Å²) in [6, 6.07) is -0.244. The summed E-state index contributed by atoms with van der Waals surface area (Å²) in [7, 11) is -2.05. The minimum absolute atomic E-state index is 0.244. The zero-order chi connectivity index (χ0) is 16.0. The Morgan fingerprint density at radius 2 is 2.10 bits per heavy atom. The van der Waals surface area contributed by atoms with Gasteiger partial charge in [-0.25, -0.2) is 13.1 Å². The van der Waals surface area contributed by atoms with E-state index in [1.807, 2.05) is 6.92 Å². The quantitative estimate of drug-likeness (QED) is 0.693. The number of ether oxygens (including phenoxy) is 1. The van der Waals surface area contributed by atoms with Gasteiger partial charge in [-0.3, -0.25) is 4.68 Å². The third kappa shape index (κ3) is 4.50. The lowest BCUT2D eigenvalue weighted by atomic mass is 10.3. The van der Waals surface area contributed by atoms with Gasteiger partial charge in [0.15, 0.2) is 0 Å². The second-order valence-electron chi connectivity index (χ2n) is 5.05. The van der Waals surface area contributed by atoms with Gasteiger partial charge in [0.1, 0.15) is 4.90 Å². The van der Waals surface area contributed by atoms with Gasteiger partial charge in [0.25, 0.3) is 0 Å². The van der Waals surface area contributed by atoms with Crippen LogP contribution in [0.1, 0.15) is 31.2 Å². The van der Waals surface area contributed by atoms with Crippen LogP contribution in [0.4, 0.5) is 0 Å². The normalized spacial score (nSPS) is 13.6. The van der Waals surface area contributed by atoms with E-state index in [-0.39, 0.29) is 10.9 Å². The molecule has 0 amide bonds. The van der Waals surface area contributed by atoms with Crippen LogP contribution in [0.2, 0.25) is 0 Å². The molecule has 0 bridgehead atoms. The maximum Gasteiger partial charge on any atom is 0.244 e. The van der Waals surface area contributed by atoms with Crippen LogP contribution >= 0.6 is 0 Å². The molecule has 122 valence electrons. The molecule has 0 aliphatic carbocycles. The number of sulfonamides is 1. The van der Waals surface area contributed by atoms with E-state index in [0.29, 0.717) is 37.5 Å². The minimum atomic E-state index is -3.60. The molecule has 0 radical (unpaired) electrons. The molecule has 0 spiro atoms. The van der Waals surface area contributed by atoms with Crippen LogP contribution < -0.4 is 10.5 Å². The number of aryl methyl sites for hydroxylation is 2. The first-order valence-corrected chi connectivity index (χ1v) is 8.61. The first-order valence-electron chi connectivity index (χ1n) is 7.12. The average molecular weight is 318 g/mol. The van der Waals surface area contributed by atoms with Crippen molar-refractivity contribution in [1.82, 2.24) is 14.5 Å². The fourth-order valence-corrected chi connectivity index (χ4v) is 3.96. The highest BCUT2D eigenvalue weighted by Gasteiger charge is 2.26. The van der Waals surface area contributed by atoms with Crippen molar-refractivity contribution in [3.63, 3.8) is 0 Å². The van der Waals surface area contributed by atoms with E-state index in [2.05, 4.69) is 9.82 Å². The predicted molar refractivity (Wildman–Crippen MR) is 81.6 cm³/mol. The van der Waals surface area contributed by atoms with Crippen LogP contribution in [0.15, 0.2) is 4.90 Å². The SMILES string of the molecule is CCC(COC)NS(=O)(=O)c1c(C)nn(CCCN)c1C. The van der Waals surface area contributed by atoms with Crippen LogP contribution in [0.25, 0.3) is 0 Å². The molecule has 3 N–H and O–H groups in total. The Morgan fingerprint density at radius 3 is 2.62 bits per heavy atom. The highest BCUT2D eigenvalue weighted by molar-refractivity contribution is 7.89. The summed E-state index contributed by atoms with van der Waals surface area (Å²) in [6.45, 7) is 6.89. The van der Waals surface area contributed by atoms with Gasteiger partial charge in [-0.2, -0.15) is 5.10 Å². The summed E-state index contributed by atoms with van der Waals surface area (Å²) in [5, 5.41) is 4.30. The molecule has 1 atom stereocenters. The van der Waals surface area contributed by atoms with Gasteiger partial charge in [0.2, 0.25) is 10.0 Å². The van der Waals surface area contributed by atoms with E-state index >= 15 is 0 Å². The molecule has 0 aliphatic heterocycles. The lowest BCUT2D eigenvalue weighted by Crippen LogP contribution is -2.37. The Kier molecular flexibility index (Phi) is 6.79. The van der Waals surface area contributed by atoms with Gasteiger partial charge in [0, 0.05) is 19.7 Å². The molecule has 0 fully saturated rings. The van der Waals surface area contributed by atoms with Crippen LogP contribution in [0.5, 0.6) is 0 Å². The fourth-order valence-electron chi connectivity index (χ4n) is 2.24. The van der Waals surface area contributed by atoms with Crippen LogP contribution in [0.3, 0.4) is 0 Å². The standard InChI is InChI=1S/C13H26N4O3S/c1-5-12(9-20-4)16-21(18,19)13-10(2)15-17(11(13)3)8-6-7-14/h12,16H,5-9,14H2,1-4H3. The third-order valence-corrected chi connectivity index (χ3v) is 5.11. The van der Waals surface area contributed by atoms with Gasteiger partial charge in [-0.15, -0.1) is 0 Å². The molecule has 1 aromatic rings. The summed E-state index contributed by atoms with van der Waals surface area (Å²) >= 11 is 0. The predicted octanol–water partition coefficient (Wildman–Crippen LogP) is 0.552. The van der Waals surface area contributed by atoms with Crippen molar-refractivity contribution in [3.8, 4) is 0 Å². The maximum atomic E-state index is 12.6. The number of hydrogen-bond acceptors (Lipinski definition) is 5. The van der Waals surface area contributed by atoms with Crippen molar-refractivity contribution in [3.05, 3.63) is 11.4 Å². The van der Waals surface area contributed by atoms with Gasteiger partial charge in [-0.05, 0) is 33.2 Å². The summed E-state index contributed by atoms with van der Waals surface area (Å²) in [5.74, 6) is 0. The zero-order valence-electron chi connectivity index (χ0n) is 13.2. The smallest absolute Gasteiger partial charge is 0.244 e. The lowest BCUT2D eigenvalue weighted by molar-refractivity contribution is 0.173. The number of rotatable bonds is 9. The van der Waals surface area contributed by atoms with Crippen molar-refractivity contribution in [2.45, 2.75) is 51.1 Å². The lowest BCUT2D eigenvalue weighted by Gasteiger charge is -2.16. The molecular weight excluding hydrogens is 292 g/mol. The highest BCUT2D eigenvalue weighted by atomic mass is 32.2. The number of aromatic nitrogens is 2. The molecule has 0 saturated carbocycles. The molecule has 7 nitrogen and oxygen atoms in total. The van der Waals surface area contributed by atoms with Crippen molar-refractivity contribution in [1.29, 1.82) is 0 Å². The van der Waals surface area contributed by atoms with E-state index in [1.165, 1.54) is 0 Å². The molecule has 8 heteroatoms. The monoisotopic (exact) mass is 318 g/mol. The number of hydrogen-bond donors (Lipinski definition) is 2. The second-order valence-corrected chi connectivity index (χ2v) is 6.70. The van der Waals surface area contributed by atoms with Gasteiger partial charge in [0.05, 0.1) is 18.0 Å².